The number of nitrogens with one attached hydrogen (secondary N) is 1. The Balaban J connectivity index is 1.86. The molecule has 2 heterocycles. The molecule has 1 aromatic carbocycles. The van der Waals surface area contributed by atoms with E-state index in [1.54, 1.807) is 0 Å². The molecule has 4 rings (SSSR count). The van der Waals surface area contributed by atoms with Gasteiger partial charge in [-0.1, -0.05) is 42.5 Å². The summed E-state index contributed by atoms with van der Waals surface area (Å²) in [4.78, 5) is 8.27. The Hall–Kier alpha value is -1.13. The minimum atomic E-state index is 0.0944. The highest BCUT2D eigenvalue weighted by molar-refractivity contribution is 7.98. The van der Waals surface area contributed by atoms with Gasteiger partial charge in [0.2, 0.25) is 0 Å². The van der Waals surface area contributed by atoms with Gasteiger partial charge in [0.15, 0.2) is 0 Å². The number of benzene rings is 1. The third-order valence-electron chi connectivity index (χ3n) is 4.13. The van der Waals surface area contributed by atoms with Crippen molar-refractivity contribution in [1.82, 2.24) is 9.97 Å². The van der Waals surface area contributed by atoms with E-state index in [9.17, 15) is 0 Å². The average Bonchev–Trinajstić information content (AvgIpc) is 3.12. The van der Waals surface area contributed by atoms with Gasteiger partial charge in [0.05, 0.1) is 5.41 Å². The summed E-state index contributed by atoms with van der Waals surface area (Å²) in [6.45, 7) is 0. The van der Waals surface area contributed by atoms with Crippen molar-refractivity contribution in [3.8, 4) is 0 Å². The Bertz CT molecular complexity index is 687. The number of hydrogen-bond acceptors (Lipinski definition) is 3. The van der Waals surface area contributed by atoms with E-state index < -0.39 is 0 Å². The number of rotatable bonds is 2. The van der Waals surface area contributed by atoms with Crippen LogP contribution in [-0.4, -0.2) is 9.97 Å². The van der Waals surface area contributed by atoms with Crippen molar-refractivity contribution in [3.05, 3.63) is 57.6 Å². The molecule has 2 aliphatic rings. The Kier molecular flexibility index (Phi) is 2.57. The summed E-state index contributed by atoms with van der Waals surface area (Å²) in [6.07, 6.45) is 2.34. The van der Waals surface area contributed by atoms with Crippen LogP contribution >= 0.6 is 24.0 Å². The molecular weight excluding hydrogens is 272 g/mol. The van der Waals surface area contributed by atoms with Gasteiger partial charge in [-0.15, -0.1) is 0 Å². The first-order valence-corrected chi connectivity index (χ1v) is 8.12. The van der Waals surface area contributed by atoms with E-state index in [1.807, 2.05) is 11.8 Å². The lowest BCUT2D eigenvalue weighted by Gasteiger charge is -2.16. The standard InChI is InChI=1S/C15H14N2S2/c18-13-11-8-19-9-12(11)16-14(17-13)15(6-7-15)10-4-2-1-3-5-10/h1-5H,6-9H2,(H,16,17,18). The number of hydrogen-bond donors (Lipinski definition) is 1. The number of H-pyrrole nitrogens is 1. The molecule has 0 unspecified atom stereocenters. The van der Waals surface area contributed by atoms with E-state index in [4.69, 9.17) is 17.2 Å². The van der Waals surface area contributed by atoms with Crippen molar-refractivity contribution in [2.45, 2.75) is 29.8 Å². The van der Waals surface area contributed by atoms with E-state index in [0.717, 1.165) is 22.0 Å². The lowest BCUT2D eigenvalue weighted by atomic mass is 9.95. The Morgan fingerprint density at radius 3 is 2.68 bits per heavy atom. The zero-order valence-electron chi connectivity index (χ0n) is 10.5. The molecule has 0 saturated heterocycles. The van der Waals surface area contributed by atoms with Crippen molar-refractivity contribution >= 4 is 24.0 Å². The van der Waals surface area contributed by atoms with Crippen LogP contribution in [-0.2, 0) is 16.9 Å². The molecule has 0 radical (unpaired) electrons. The maximum absolute atomic E-state index is 5.47. The van der Waals surface area contributed by atoms with E-state index in [2.05, 4.69) is 35.3 Å². The lowest BCUT2D eigenvalue weighted by Crippen LogP contribution is -2.15. The topological polar surface area (TPSA) is 28.7 Å². The Morgan fingerprint density at radius 1 is 1.16 bits per heavy atom. The number of thioether (sulfide) groups is 1. The highest BCUT2D eigenvalue weighted by Gasteiger charge is 2.48. The van der Waals surface area contributed by atoms with Gasteiger partial charge in [0.25, 0.3) is 0 Å². The number of fused-ring (bicyclic) bond motifs is 1. The van der Waals surface area contributed by atoms with Crippen LogP contribution in [0, 0.1) is 4.64 Å². The molecule has 1 aromatic heterocycles. The van der Waals surface area contributed by atoms with E-state index in [-0.39, 0.29) is 5.41 Å². The highest BCUT2D eigenvalue weighted by atomic mass is 32.2. The number of aromatic amines is 1. The maximum Gasteiger partial charge on any atom is 0.134 e. The van der Waals surface area contributed by atoms with Crippen molar-refractivity contribution < 1.29 is 0 Å². The molecule has 2 nitrogen and oxygen atoms in total. The molecule has 1 fully saturated rings. The summed E-state index contributed by atoms with van der Waals surface area (Å²) in [6, 6.07) is 10.7. The molecule has 2 aromatic rings. The third-order valence-corrected chi connectivity index (χ3v) is 5.45. The summed E-state index contributed by atoms with van der Waals surface area (Å²) in [7, 11) is 0. The summed E-state index contributed by atoms with van der Waals surface area (Å²) in [5, 5.41) is 0. The summed E-state index contributed by atoms with van der Waals surface area (Å²) in [5.74, 6) is 3.13. The second-order valence-electron chi connectivity index (χ2n) is 5.29. The molecular formula is C15H14N2S2. The molecule has 4 heteroatoms. The predicted molar refractivity (Wildman–Crippen MR) is 80.9 cm³/mol. The van der Waals surface area contributed by atoms with Gasteiger partial charge < -0.3 is 4.98 Å². The van der Waals surface area contributed by atoms with Crippen LogP contribution in [0.4, 0.5) is 0 Å². The fraction of sp³-hybridized carbons (Fsp3) is 0.333. The van der Waals surface area contributed by atoms with Crippen LogP contribution in [0.1, 0.15) is 35.5 Å². The maximum atomic E-state index is 5.47. The predicted octanol–water partition coefficient (Wildman–Crippen LogP) is 3.97. The first-order valence-electron chi connectivity index (χ1n) is 6.55. The minimum absolute atomic E-state index is 0.0944. The molecule has 1 aliphatic carbocycles. The van der Waals surface area contributed by atoms with E-state index in [1.165, 1.54) is 29.7 Å². The third kappa shape index (κ3) is 1.77. The largest absolute Gasteiger partial charge is 0.345 e. The van der Waals surface area contributed by atoms with Crippen LogP contribution in [0.15, 0.2) is 30.3 Å². The average molecular weight is 286 g/mol. The zero-order chi connectivity index (χ0) is 12.9. The summed E-state index contributed by atoms with van der Waals surface area (Å²) < 4.78 is 0.802. The molecule has 0 atom stereocenters. The van der Waals surface area contributed by atoms with Crippen molar-refractivity contribution in [2.75, 3.05) is 0 Å². The molecule has 96 valence electrons. The van der Waals surface area contributed by atoms with Gasteiger partial charge in [-0.2, -0.15) is 11.8 Å². The van der Waals surface area contributed by atoms with Crippen LogP contribution in [0.5, 0.6) is 0 Å². The van der Waals surface area contributed by atoms with Crippen molar-refractivity contribution in [3.63, 3.8) is 0 Å². The SMILES string of the molecule is S=c1nc(C2(c3ccccc3)CC2)[nH]c2c1CSC2. The Labute approximate surface area is 121 Å². The molecule has 0 bridgehead atoms. The van der Waals surface area contributed by atoms with Gasteiger partial charge in [-0.3, -0.25) is 0 Å². The molecule has 0 spiro atoms. The number of nitrogens with zero attached hydrogens (tertiary/aromatic N) is 1. The van der Waals surface area contributed by atoms with E-state index >= 15 is 0 Å². The number of aromatic nitrogens is 2. The van der Waals surface area contributed by atoms with Crippen LogP contribution in [0.25, 0.3) is 0 Å². The smallest absolute Gasteiger partial charge is 0.134 e. The van der Waals surface area contributed by atoms with Gasteiger partial charge in [0, 0.05) is 22.8 Å². The second kappa shape index (κ2) is 4.18. The first kappa shape index (κ1) is 11.7. The summed E-state index contributed by atoms with van der Waals surface area (Å²) >= 11 is 7.38. The fourth-order valence-electron chi connectivity index (χ4n) is 2.84. The normalized spacial score (nSPS) is 19.2. The quantitative estimate of drug-likeness (QED) is 0.847. The molecule has 1 N–H and O–H groups in total. The fourth-order valence-corrected chi connectivity index (χ4v) is 4.29. The monoisotopic (exact) mass is 286 g/mol. The molecule has 0 amide bonds. The first-order chi connectivity index (χ1) is 9.29. The Morgan fingerprint density at radius 2 is 1.95 bits per heavy atom. The minimum Gasteiger partial charge on any atom is -0.345 e. The second-order valence-corrected chi connectivity index (χ2v) is 6.66. The van der Waals surface area contributed by atoms with Crippen LogP contribution in [0.3, 0.4) is 0 Å². The van der Waals surface area contributed by atoms with Gasteiger partial charge in [-0.05, 0) is 18.4 Å². The van der Waals surface area contributed by atoms with Gasteiger partial charge >= 0.3 is 0 Å². The van der Waals surface area contributed by atoms with Crippen LogP contribution < -0.4 is 0 Å². The van der Waals surface area contributed by atoms with Crippen molar-refractivity contribution in [1.29, 1.82) is 0 Å². The van der Waals surface area contributed by atoms with E-state index in [0.29, 0.717) is 0 Å². The molecule has 19 heavy (non-hydrogen) atoms. The van der Waals surface area contributed by atoms with Gasteiger partial charge in [-0.25, -0.2) is 4.98 Å². The highest BCUT2D eigenvalue weighted by Crippen LogP contribution is 2.52. The van der Waals surface area contributed by atoms with Crippen LogP contribution in [0.2, 0.25) is 0 Å². The summed E-state index contributed by atoms with van der Waals surface area (Å²) in [5.41, 5.74) is 3.99. The molecule has 1 saturated carbocycles. The molecule has 1 aliphatic heterocycles. The van der Waals surface area contributed by atoms with Crippen molar-refractivity contribution in [2.24, 2.45) is 0 Å². The zero-order valence-corrected chi connectivity index (χ0v) is 12.1. The lowest BCUT2D eigenvalue weighted by molar-refractivity contribution is 0.740. The van der Waals surface area contributed by atoms with Gasteiger partial charge in [0.1, 0.15) is 10.5 Å².